The van der Waals surface area contributed by atoms with Gasteiger partial charge in [0.15, 0.2) is 5.76 Å². The topological polar surface area (TPSA) is 33.5 Å². The lowest BCUT2D eigenvalue weighted by Crippen LogP contribution is -2.44. The maximum absolute atomic E-state index is 12.4. The van der Waals surface area contributed by atoms with Crippen molar-refractivity contribution >= 4 is 5.91 Å². The summed E-state index contributed by atoms with van der Waals surface area (Å²) < 4.78 is 5.42. The Hall–Kier alpha value is -1.25. The summed E-state index contributed by atoms with van der Waals surface area (Å²) in [5, 5.41) is 0. The zero-order valence-corrected chi connectivity index (χ0v) is 11.5. The highest BCUT2D eigenvalue weighted by molar-refractivity contribution is 5.92. The molecule has 0 fully saturated rings. The molecule has 0 aliphatic carbocycles. The normalized spacial score (nSPS) is 14.4. The Labute approximate surface area is 104 Å². The molecule has 0 saturated heterocycles. The molecule has 0 spiro atoms. The Morgan fingerprint density at radius 2 is 1.76 bits per heavy atom. The van der Waals surface area contributed by atoms with Gasteiger partial charge in [0.05, 0.1) is 0 Å². The van der Waals surface area contributed by atoms with Crippen molar-refractivity contribution in [2.75, 3.05) is 0 Å². The van der Waals surface area contributed by atoms with Gasteiger partial charge in [0.25, 0.3) is 5.91 Å². The summed E-state index contributed by atoms with van der Waals surface area (Å²) in [4.78, 5) is 14.3. The van der Waals surface area contributed by atoms with Crippen molar-refractivity contribution in [2.45, 2.75) is 59.5 Å². The third-order valence-electron chi connectivity index (χ3n) is 3.32. The fourth-order valence-electron chi connectivity index (χ4n) is 1.90. The average molecular weight is 237 g/mol. The van der Waals surface area contributed by atoms with E-state index >= 15 is 0 Å². The molecule has 0 bridgehead atoms. The van der Waals surface area contributed by atoms with Crippen molar-refractivity contribution in [3.63, 3.8) is 0 Å². The van der Waals surface area contributed by atoms with E-state index in [2.05, 4.69) is 27.7 Å². The summed E-state index contributed by atoms with van der Waals surface area (Å²) >= 11 is 0. The van der Waals surface area contributed by atoms with Crippen LogP contribution in [-0.2, 0) is 0 Å². The van der Waals surface area contributed by atoms with Crippen molar-refractivity contribution in [3.05, 3.63) is 23.7 Å². The van der Waals surface area contributed by atoms with E-state index in [4.69, 9.17) is 4.42 Å². The van der Waals surface area contributed by atoms with Crippen molar-refractivity contribution in [1.29, 1.82) is 0 Å². The molecule has 0 aliphatic heterocycles. The number of hydrogen-bond acceptors (Lipinski definition) is 2. The van der Waals surface area contributed by atoms with Crippen molar-refractivity contribution in [1.82, 2.24) is 4.90 Å². The number of nitrogens with zero attached hydrogens (tertiary/aromatic N) is 1. The van der Waals surface area contributed by atoms with Crippen molar-refractivity contribution in [3.8, 4) is 0 Å². The molecule has 1 rings (SSSR count). The molecular formula is C14H23NO2. The zero-order chi connectivity index (χ0) is 13.0. The lowest BCUT2D eigenvalue weighted by molar-refractivity contribution is 0.0564. The van der Waals surface area contributed by atoms with Crippen LogP contribution < -0.4 is 0 Å². The maximum atomic E-state index is 12.4. The number of aryl methyl sites for hydroxylation is 1. The second-order valence-electron chi connectivity index (χ2n) is 4.64. The average Bonchev–Trinajstić information content (AvgIpc) is 2.75. The number of furan rings is 1. The highest BCUT2D eigenvalue weighted by Crippen LogP contribution is 2.17. The molecule has 3 nitrogen and oxygen atoms in total. The number of carbonyl (C=O) groups excluding carboxylic acids is 1. The van der Waals surface area contributed by atoms with Crippen LogP contribution >= 0.6 is 0 Å². The molecule has 0 radical (unpaired) electrons. The molecule has 0 saturated carbocycles. The molecule has 0 N–H and O–H groups in total. The summed E-state index contributed by atoms with van der Waals surface area (Å²) in [5.74, 6) is 1.23. The smallest absolute Gasteiger partial charge is 0.290 e. The van der Waals surface area contributed by atoms with E-state index in [9.17, 15) is 4.79 Å². The molecular weight excluding hydrogens is 214 g/mol. The van der Waals surface area contributed by atoms with Crippen LogP contribution in [0.1, 0.15) is 56.9 Å². The summed E-state index contributed by atoms with van der Waals surface area (Å²) in [7, 11) is 0. The van der Waals surface area contributed by atoms with E-state index in [1.54, 1.807) is 6.07 Å². The second kappa shape index (κ2) is 5.89. The monoisotopic (exact) mass is 237 g/mol. The van der Waals surface area contributed by atoms with E-state index in [1.165, 1.54) is 0 Å². The lowest BCUT2D eigenvalue weighted by Gasteiger charge is -2.33. The summed E-state index contributed by atoms with van der Waals surface area (Å²) in [6.45, 7) is 10.2. The minimum Gasteiger partial charge on any atom is -0.456 e. The van der Waals surface area contributed by atoms with E-state index < -0.39 is 0 Å². The molecule has 96 valence electrons. The Kier molecular flexibility index (Phi) is 4.79. The molecule has 1 amide bonds. The molecule has 0 aromatic carbocycles. The Morgan fingerprint density at radius 1 is 1.24 bits per heavy atom. The minimum atomic E-state index is 0.00167. The molecule has 17 heavy (non-hydrogen) atoms. The van der Waals surface area contributed by atoms with Gasteiger partial charge in [-0.05, 0) is 45.7 Å². The predicted molar refractivity (Wildman–Crippen MR) is 69.1 cm³/mol. The fourth-order valence-corrected chi connectivity index (χ4v) is 1.90. The molecule has 0 aliphatic rings. The Bertz CT molecular complexity index is 360. The van der Waals surface area contributed by atoms with Gasteiger partial charge in [-0.3, -0.25) is 4.79 Å². The van der Waals surface area contributed by atoms with Crippen LogP contribution in [0.3, 0.4) is 0 Å². The predicted octanol–water partition coefficient (Wildman–Crippen LogP) is 3.63. The summed E-state index contributed by atoms with van der Waals surface area (Å²) in [6.07, 6.45) is 1.91. The highest BCUT2D eigenvalue weighted by atomic mass is 16.3. The van der Waals surface area contributed by atoms with Crippen molar-refractivity contribution in [2.24, 2.45) is 0 Å². The van der Waals surface area contributed by atoms with E-state index in [1.807, 2.05) is 17.9 Å². The molecule has 2 atom stereocenters. The van der Waals surface area contributed by atoms with Gasteiger partial charge >= 0.3 is 0 Å². The van der Waals surface area contributed by atoms with Crippen LogP contribution in [0.5, 0.6) is 0 Å². The first-order valence-electron chi connectivity index (χ1n) is 6.40. The summed E-state index contributed by atoms with van der Waals surface area (Å²) in [5.41, 5.74) is 0. The van der Waals surface area contributed by atoms with Gasteiger partial charge in [-0.2, -0.15) is 0 Å². The van der Waals surface area contributed by atoms with E-state index in [0.717, 1.165) is 18.6 Å². The summed E-state index contributed by atoms with van der Waals surface area (Å²) in [6, 6.07) is 4.07. The van der Waals surface area contributed by atoms with Gasteiger partial charge in [0.1, 0.15) is 5.76 Å². The number of rotatable bonds is 5. The maximum Gasteiger partial charge on any atom is 0.290 e. The molecule has 1 aromatic heterocycles. The molecule has 1 heterocycles. The van der Waals surface area contributed by atoms with Crippen LogP contribution in [0.15, 0.2) is 16.5 Å². The Morgan fingerprint density at radius 3 is 2.12 bits per heavy atom. The van der Waals surface area contributed by atoms with Gasteiger partial charge in [-0.15, -0.1) is 0 Å². The van der Waals surface area contributed by atoms with Crippen LogP contribution in [0, 0.1) is 6.92 Å². The van der Waals surface area contributed by atoms with Crippen LogP contribution in [0.4, 0.5) is 0 Å². The minimum absolute atomic E-state index is 0.00167. The lowest BCUT2D eigenvalue weighted by atomic mass is 10.1. The molecule has 2 unspecified atom stereocenters. The fraction of sp³-hybridized carbons (Fsp3) is 0.643. The van der Waals surface area contributed by atoms with Crippen LogP contribution in [0.25, 0.3) is 0 Å². The largest absolute Gasteiger partial charge is 0.456 e. The zero-order valence-electron chi connectivity index (χ0n) is 11.5. The van der Waals surface area contributed by atoms with E-state index in [-0.39, 0.29) is 18.0 Å². The SMILES string of the molecule is CCC(C)N(C(=O)c1ccc(C)o1)C(C)CC. The van der Waals surface area contributed by atoms with Crippen LogP contribution in [-0.4, -0.2) is 22.9 Å². The second-order valence-corrected chi connectivity index (χ2v) is 4.64. The standard InChI is InChI=1S/C14H23NO2/c1-6-10(3)15(11(4)7-2)14(16)13-9-8-12(5)17-13/h8-11H,6-7H2,1-5H3. The van der Waals surface area contributed by atoms with Gasteiger partial charge in [0, 0.05) is 12.1 Å². The molecule has 3 heteroatoms. The van der Waals surface area contributed by atoms with Gasteiger partial charge in [-0.1, -0.05) is 13.8 Å². The quantitative estimate of drug-likeness (QED) is 0.783. The third kappa shape index (κ3) is 3.11. The first-order valence-corrected chi connectivity index (χ1v) is 6.40. The number of hydrogen-bond donors (Lipinski definition) is 0. The van der Waals surface area contributed by atoms with Gasteiger partial charge in [-0.25, -0.2) is 0 Å². The Balaban J connectivity index is 2.94. The first-order chi connectivity index (χ1) is 8.01. The van der Waals surface area contributed by atoms with Crippen LogP contribution in [0.2, 0.25) is 0 Å². The third-order valence-corrected chi connectivity index (χ3v) is 3.32. The molecule has 1 aromatic rings. The van der Waals surface area contributed by atoms with Gasteiger partial charge < -0.3 is 9.32 Å². The first kappa shape index (κ1) is 13.8. The highest BCUT2D eigenvalue weighted by Gasteiger charge is 2.26. The van der Waals surface area contributed by atoms with Gasteiger partial charge in [0.2, 0.25) is 0 Å². The van der Waals surface area contributed by atoms with E-state index in [0.29, 0.717) is 5.76 Å². The number of amides is 1. The van der Waals surface area contributed by atoms with Crippen molar-refractivity contribution < 1.29 is 9.21 Å². The number of carbonyl (C=O) groups is 1.